The van der Waals surface area contributed by atoms with Crippen LogP contribution in [0.2, 0.25) is 0 Å². The first kappa shape index (κ1) is 10.5. The Bertz CT molecular complexity index is 282. The normalized spacial score (nSPS) is 17.9. The first-order valence-electron chi connectivity index (χ1n) is 4.30. The minimum Gasteiger partial charge on any atom is -0.315 e. The molecule has 0 aromatic carbocycles. The van der Waals surface area contributed by atoms with Crippen LogP contribution in [0.5, 0.6) is 0 Å². The summed E-state index contributed by atoms with van der Waals surface area (Å²) in [7, 11) is -3.38. The van der Waals surface area contributed by atoms with E-state index in [1.807, 2.05) is 0 Å². The fraction of sp³-hybridized carbons (Fsp3) is 0.857. The third-order valence-electron chi connectivity index (χ3n) is 1.88. The average Bonchev–Trinajstić information content (AvgIpc) is 1.79. The molecule has 0 bridgehead atoms. The molecule has 1 fully saturated rings. The number of hydrogen-bond donors (Lipinski definition) is 2. The van der Waals surface area contributed by atoms with Gasteiger partial charge in [0.1, 0.15) is 0 Å². The second kappa shape index (κ2) is 4.06. The summed E-state index contributed by atoms with van der Waals surface area (Å²) in [5, 5.41) is 2.90. The zero-order valence-corrected chi connectivity index (χ0v) is 8.36. The third-order valence-corrected chi connectivity index (χ3v) is 3.34. The van der Waals surface area contributed by atoms with Gasteiger partial charge >= 0.3 is 0 Å². The maximum atomic E-state index is 11.2. The lowest BCUT2D eigenvalue weighted by Crippen LogP contribution is -2.52. The molecule has 1 aliphatic heterocycles. The van der Waals surface area contributed by atoms with Crippen LogP contribution >= 0.6 is 0 Å². The van der Waals surface area contributed by atoms with Crippen LogP contribution in [0.15, 0.2) is 0 Å². The van der Waals surface area contributed by atoms with Crippen molar-refractivity contribution in [3.8, 4) is 0 Å². The fourth-order valence-electron chi connectivity index (χ4n) is 1.03. The molecule has 0 aromatic rings. The monoisotopic (exact) mass is 206 g/mol. The number of nitrogens with one attached hydrogen (secondary N) is 2. The number of rotatable bonds is 4. The van der Waals surface area contributed by atoms with Crippen LogP contribution in [-0.2, 0) is 14.8 Å². The Morgan fingerprint density at radius 2 is 2.15 bits per heavy atom. The Morgan fingerprint density at radius 3 is 2.54 bits per heavy atom. The van der Waals surface area contributed by atoms with E-state index in [2.05, 4.69) is 10.0 Å². The van der Waals surface area contributed by atoms with Crippen molar-refractivity contribution in [2.45, 2.75) is 13.3 Å². The van der Waals surface area contributed by atoms with E-state index in [-0.39, 0.29) is 17.6 Å². The molecular weight excluding hydrogens is 192 g/mol. The van der Waals surface area contributed by atoms with Crippen molar-refractivity contribution in [3.63, 3.8) is 0 Å². The van der Waals surface area contributed by atoms with Gasteiger partial charge in [0.15, 0.2) is 0 Å². The van der Waals surface area contributed by atoms with Gasteiger partial charge < -0.3 is 5.32 Å². The Hall–Kier alpha value is -0.620. The van der Waals surface area contributed by atoms with Crippen LogP contribution in [0, 0.1) is 5.92 Å². The number of sulfonamides is 1. The zero-order valence-electron chi connectivity index (χ0n) is 7.54. The van der Waals surface area contributed by atoms with Gasteiger partial charge in [-0.1, -0.05) is 6.92 Å². The van der Waals surface area contributed by atoms with Crippen molar-refractivity contribution in [2.75, 3.05) is 18.8 Å². The van der Waals surface area contributed by atoms with E-state index in [1.54, 1.807) is 6.92 Å². The minimum atomic E-state index is -3.38. The van der Waals surface area contributed by atoms with Crippen molar-refractivity contribution in [2.24, 2.45) is 5.92 Å². The molecule has 76 valence electrons. The molecule has 1 heterocycles. The van der Waals surface area contributed by atoms with E-state index < -0.39 is 10.0 Å². The molecule has 0 saturated carbocycles. The summed E-state index contributed by atoms with van der Waals surface area (Å²) in [5.74, 6) is -0.544. The van der Waals surface area contributed by atoms with Crippen LogP contribution in [0.4, 0.5) is 0 Å². The number of amides is 1. The highest BCUT2D eigenvalue weighted by molar-refractivity contribution is 7.90. The molecule has 13 heavy (non-hydrogen) atoms. The molecule has 2 N–H and O–H groups in total. The summed E-state index contributed by atoms with van der Waals surface area (Å²) in [6.45, 7) is 2.91. The van der Waals surface area contributed by atoms with Gasteiger partial charge in [-0.3, -0.25) is 9.52 Å². The molecule has 6 heteroatoms. The quantitative estimate of drug-likeness (QED) is 0.622. The van der Waals surface area contributed by atoms with Crippen molar-refractivity contribution in [3.05, 3.63) is 0 Å². The first-order valence-corrected chi connectivity index (χ1v) is 5.95. The summed E-state index contributed by atoms with van der Waals surface area (Å²) in [4.78, 5) is 11.2. The van der Waals surface area contributed by atoms with Crippen LogP contribution in [0.25, 0.3) is 0 Å². The second-order valence-corrected chi connectivity index (χ2v) is 4.98. The highest BCUT2D eigenvalue weighted by Gasteiger charge is 2.27. The standard InChI is InChI=1S/C7H14N2O3S/c1-2-3-13(11,12)9-7(10)6-4-8-5-6/h6,8H,2-5H2,1H3,(H,9,10). The van der Waals surface area contributed by atoms with Crippen molar-refractivity contribution < 1.29 is 13.2 Å². The van der Waals surface area contributed by atoms with E-state index in [9.17, 15) is 13.2 Å². The molecular formula is C7H14N2O3S. The van der Waals surface area contributed by atoms with E-state index in [0.717, 1.165) is 0 Å². The Labute approximate surface area is 77.9 Å². The van der Waals surface area contributed by atoms with Gasteiger partial charge in [-0.2, -0.15) is 0 Å². The van der Waals surface area contributed by atoms with Gasteiger partial charge in [0.05, 0.1) is 11.7 Å². The highest BCUT2D eigenvalue weighted by Crippen LogP contribution is 2.03. The highest BCUT2D eigenvalue weighted by atomic mass is 32.2. The van der Waals surface area contributed by atoms with Crippen molar-refractivity contribution in [1.29, 1.82) is 0 Å². The Kier molecular flexibility index (Phi) is 3.27. The largest absolute Gasteiger partial charge is 0.315 e. The van der Waals surface area contributed by atoms with Crippen molar-refractivity contribution in [1.82, 2.24) is 10.0 Å². The number of carbonyl (C=O) groups is 1. The van der Waals surface area contributed by atoms with Gasteiger partial charge in [-0.05, 0) is 6.42 Å². The number of hydrogen-bond acceptors (Lipinski definition) is 4. The molecule has 0 radical (unpaired) electrons. The molecule has 0 unspecified atom stereocenters. The van der Waals surface area contributed by atoms with Crippen molar-refractivity contribution >= 4 is 15.9 Å². The molecule has 5 nitrogen and oxygen atoms in total. The fourth-order valence-corrected chi connectivity index (χ4v) is 2.14. The molecule has 0 aliphatic carbocycles. The SMILES string of the molecule is CCCS(=O)(=O)NC(=O)C1CNC1. The molecule has 0 aromatic heterocycles. The topological polar surface area (TPSA) is 75.3 Å². The summed E-state index contributed by atoms with van der Waals surface area (Å²) >= 11 is 0. The maximum absolute atomic E-state index is 11.2. The smallest absolute Gasteiger partial charge is 0.239 e. The molecule has 0 atom stereocenters. The zero-order chi connectivity index (χ0) is 9.90. The lowest BCUT2D eigenvalue weighted by molar-refractivity contribution is -0.124. The third kappa shape index (κ3) is 2.96. The average molecular weight is 206 g/mol. The van der Waals surface area contributed by atoms with Gasteiger partial charge in [0, 0.05) is 13.1 Å². The van der Waals surface area contributed by atoms with E-state index in [1.165, 1.54) is 0 Å². The Balaban J connectivity index is 2.42. The molecule has 1 aliphatic rings. The van der Waals surface area contributed by atoms with Crippen LogP contribution in [-0.4, -0.2) is 33.2 Å². The molecule has 1 saturated heterocycles. The van der Waals surface area contributed by atoms with Gasteiger partial charge in [0.2, 0.25) is 15.9 Å². The van der Waals surface area contributed by atoms with Gasteiger partial charge in [-0.25, -0.2) is 8.42 Å². The molecule has 0 spiro atoms. The maximum Gasteiger partial charge on any atom is 0.239 e. The Morgan fingerprint density at radius 1 is 1.54 bits per heavy atom. The van der Waals surface area contributed by atoms with Gasteiger partial charge in [0.25, 0.3) is 0 Å². The predicted octanol–water partition coefficient (Wildman–Crippen LogP) is -0.938. The summed E-state index contributed by atoms with van der Waals surface area (Å²) in [5.41, 5.74) is 0. The summed E-state index contributed by atoms with van der Waals surface area (Å²) < 4.78 is 24.3. The first-order chi connectivity index (χ1) is 6.05. The lowest BCUT2D eigenvalue weighted by Gasteiger charge is -2.25. The van der Waals surface area contributed by atoms with Gasteiger partial charge in [-0.15, -0.1) is 0 Å². The van der Waals surface area contributed by atoms with E-state index in [0.29, 0.717) is 19.5 Å². The molecule has 1 rings (SSSR count). The summed E-state index contributed by atoms with van der Waals surface area (Å²) in [6, 6.07) is 0. The van der Waals surface area contributed by atoms with Crippen LogP contribution in [0.3, 0.4) is 0 Å². The lowest BCUT2D eigenvalue weighted by atomic mass is 10.0. The van der Waals surface area contributed by atoms with Crippen LogP contribution in [0.1, 0.15) is 13.3 Å². The molecule has 1 amide bonds. The second-order valence-electron chi connectivity index (χ2n) is 3.14. The summed E-state index contributed by atoms with van der Waals surface area (Å²) in [6.07, 6.45) is 0.519. The van der Waals surface area contributed by atoms with Crippen LogP contribution < -0.4 is 10.0 Å². The van der Waals surface area contributed by atoms with E-state index >= 15 is 0 Å². The minimum absolute atomic E-state index is 0.0128. The predicted molar refractivity (Wildman–Crippen MR) is 48.6 cm³/mol. The van der Waals surface area contributed by atoms with E-state index in [4.69, 9.17) is 0 Å². The number of carbonyl (C=O) groups excluding carboxylic acids is 1.